The number of methoxy groups -OCH3 is 1. The van der Waals surface area contributed by atoms with Crippen molar-refractivity contribution in [1.82, 2.24) is 10.2 Å². The predicted molar refractivity (Wildman–Crippen MR) is 94.7 cm³/mol. The molecule has 122 valence electrons. The molecule has 5 heteroatoms. The topological polar surface area (TPSA) is 36.9 Å². The van der Waals surface area contributed by atoms with Crippen LogP contribution in [0.1, 0.15) is 13.3 Å². The van der Waals surface area contributed by atoms with Crippen LogP contribution in [0.5, 0.6) is 0 Å². The molecule has 1 N–H and O–H groups in total. The van der Waals surface area contributed by atoms with Crippen molar-refractivity contribution >= 4 is 17.7 Å². The first kappa shape index (κ1) is 17.2. The zero-order chi connectivity index (χ0) is 15.8. The third kappa shape index (κ3) is 5.21. The van der Waals surface area contributed by atoms with Gasteiger partial charge in [0.05, 0.1) is 6.61 Å². The van der Waals surface area contributed by atoms with Crippen molar-refractivity contribution in [3.8, 4) is 0 Å². The lowest BCUT2D eigenvalue weighted by molar-refractivity contribution is 0.157. The molecule has 0 amide bonds. The Morgan fingerprint density at radius 3 is 2.91 bits per heavy atom. The molecule has 1 aliphatic rings. The molecule has 0 radical (unpaired) electrons. The van der Waals surface area contributed by atoms with Crippen molar-refractivity contribution in [1.29, 1.82) is 0 Å². The quantitative estimate of drug-likeness (QED) is 0.496. The number of guanidine groups is 1. The fourth-order valence-corrected chi connectivity index (χ4v) is 3.68. The van der Waals surface area contributed by atoms with Crippen LogP contribution in [0.25, 0.3) is 0 Å². The van der Waals surface area contributed by atoms with Gasteiger partial charge < -0.3 is 15.0 Å². The second-order valence-corrected chi connectivity index (χ2v) is 7.24. The van der Waals surface area contributed by atoms with Gasteiger partial charge in [0, 0.05) is 49.9 Å². The minimum Gasteiger partial charge on any atom is -0.384 e. The summed E-state index contributed by atoms with van der Waals surface area (Å²) < 4.78 is 5.26. The van der Waals surface area contributed by atoms with Crippen LogP contribution in [0, 0.1) is 5.92 Å². The van der Waals surface area contributed by atoms with Gasteiger partial charge in [0.1, 0.15) is 0 Å². The molecule has 2 unspecified atom stereocenters. The van der Waals surface area contributed by atoms with Crippen molar-refractivity contribution in [3.05, 3.63) is 30.3 Å². The van der Waals surface area contributed by atoms with Crippen LogP contribution >= 0.6 is 11.8 Å². The Balaban J connectivity index is 1.77. The maximum absolute atomic E-state index is 5.26. The van der Waals surface area contributed by atoms with Gasteiger partial charge in [-0.3, -0.25) is 4.99 Å². The summed E-state index contributed by atoms with van der Waals surface area (Å²) >= 11 is 1.89. The summed E-state index contributed by atoms with van der Waals surface area (Å²) in [6.45, 7) is 6.10. The second kappa shape index (κ2) is 9.06. The largest absolute Gasteiger partial charge is 0.384 e. The Morgan fingerprint density at radius 2 is 2.23 bits per heavy atom. The lowest BCUT2D eigenvalue weighted by atomic mass is 10.1. The minimum absolute atomic E-state index is 0.497. The van der Waals surface area contributed by atoms with Crippen LogP contribution in [0.15, 0.2) is 40.2 Å². The molecule has 2 atom stereocenters. The summed E-state index contributed by atoms with van der Waals surface area (Å²) in [7, 11) is 3.64. The Bertz CT molecular complexity index is 466. The molecular weight excluding hydrogens is 294 g/mol. The lowest BCUT2D eigenvalue weighted by Gasteiger charge is -2.23. The van der Waals surface area contributed by atoms with Gasteiger partial charge in [-0.1, -0.05) is 25.1 Å². The molecule has 2 rings (SSSR count). The standard InChI is InChI=1S/C17H27N3OS/c1-14(22-16-7-5-4-6-8-16)11-19-17(18-2)20-10-9-15(12-20)13-21-3/h4-8,14-15H,9-13H2,1-3H3,(H,18,19). The summed E-state index contributed by atoms with van der Waals surface area (Å²) in [5.74, 6) is 1.64. The maximum atomic E-state index is 5.26. The fraction of sp³-hybridized carbons (Fsp3) is 0.588. The van der Waals surface area contributed by atoms with E-state index in [0.717, 1.165) is 32.2 Å². The Labute approximate surface area is 138 Å². The van der Waals surface area contributed by atoms with E-state index in [1.165, 1.54) is 11.3 Å². The Hall–Kier alpha value is -1.20. The van der Waals surface area contributed by atoms with Crippen LogP contribution in [-0.4, -0.2) is 56.5 Å². The maximum Gasteiger partial charge on any atom is 0.193 e. The fourth-order valence-electron chi connectivity index (χ4n) is 2.74. The first-order chi connectivity index (χ1) is 10.7. The first-order valence-corrected chi connectivity index (χ1v) is 8.77. The van der Waals surface area contributed by atoms with Gasteiger partial charge in [-0.05, 0) is 18.6 Å². The highest BCUT2D eigenvalue weighted by molar-refractivity contribution is 8.00. The number of hydrogen-bond acceptors (Lipinski definition) is 3. The van der Waals surface area contributed by atoms with Crippen LogP contribution in [0.4, 0.5) is 0 Å². The zero-order valence-corrected chi connectivity index (χ0v) is 14.6. The van der Waals surface area contributed by atoms with Gasteiger partial charge in [-0.2, -0.15) is 0 Å². The van der Waals surface area contributed by atoms with Crippen LogP contribution in [0.2, 0.25) is 0 Å². The van der Waals surface area contributed by atoms with Crippen molar-refractivity contribution in [2.75, 3.05) is 40.4 Å². The normalized spacial score (nSPS) is 20.2. The number of nitrogens with one attached hydrogen (secondary N) is 1. The average Bonchev–Trinajstić information content (AvgIpc) is 2.98. The molecular formula is C17H27N3OS. The molecule has 4 nitrogen and oxygen atoms in total. The van der Waals surface area contributed by atoms with Gasteiger partial charge in [-0.15, -0.1) is 11.8 Å². The van der Waals surface area contributed by atoms with E-state index in [9.17, 15) is 0 Å². The molecule has 1 fully saturated rings. The molecule has 0 bridgehead atoms. The first-order valence-electron chi connectivity index (χ1n) is 7.89. The molecule has 1 aliphatic heterocycles. The van der Waals surface area contributed by atoms with E-state index in [-0.39, 0.29) is 0 Å². The van der Waals surface area contributed by atoms with E-state index in [2.05, 4.69) is 52.5 Å². The molecule has 1 saturated heterocycles. The number of likely N-dealkylation sites (tertiary alicyclic amines) is 1. The molecule has 1 aromatic rings. The van der Waals surface area contributed by atoms with E-state index >= 15 is 0 Å². The Morgan fingerprint density at radius 1 is 1.45 bits per heavy atom. The van der Waals surface area contributed by atoms with E-state index in [1.54, 1.807) is 7.11 Å². The smallest absolute Gasteiger partial charge is 0.193 e. The summed E-state index contributed by atoms with van der Waals surface area (Å²) in [6.07, 6.45) is 1.18. The Kier molecular flexibility index (Phi) is 7.06. The van der Waals surface area contributed by atoms with E-state index < -0.39 is 0 Å². The number of hydrogen-bond donors (Lipinski definition) is 1. The summed E-state index contributed by atoms with van der Waals surface area (Å²) in [5.41, 5.74) is 0. The second-order valence-electron chi connectivity index (χ2n) is 5.73. The van der Waals surface area contributed by atoms with Crippen LogP contribution in [0.3, 0.4) is 0 Å². The number of nitrogens with zero attached hydrogens (tertiary/aromatic N) is 2. The zero-order valence-electron chi connectivity index (χ0n) is 13.8. The van der Waals surface area contributed by atoms with Crippen molar-refractivity contribution < 1.29 is 4.74 Å². The summed E-state index contributed by atoms with van der Waals surface area (Å²) in [4.78, 5) is 8.07. The molecule has 22 heavy (non-hydrogen) atoms. The highest BCUT2D eigenvalue weighted by Gasteiger charge is 2.24. The van der Waals surface area contributed by atoms with Gasteiger partial charge in [-0.25, -0.2) is 0 Å². The van der Waals surface area contributed by atoms with Gasteiger partial charge in [0.15, 0.2) is 5.96 Å². The lowest BCUT2D eigenvalue weighted by Crippen LogP contribution is -2.42. The van der Waals surface area contributed by atoms with E-state index in [1.807, 2.05) is 18.8 Å². The van der Waals surface area contributed by atoms with Crippen LogP contribution in [-0.2, 0) is 4.74 Å². The molecule has 0 aromatic heterocycles. The SMILES string of the molecule is CN=C(NCC(C)Sc1ccccc1)N1CCC(COC)C1. The van der Waals surface area contributed by atoms with Crippen molar-refractivity contribution in [3.63, 3.8) is 0 Å². The van der Waals surface area contributed by atoms with Gasteiger partial charge in [0.2, 0.25) is 0 Å². The number of thioether (sulfide) groups is 1. The van der Waals surface area contributed by atoms with Gasteiger partial charge >= 0.3 is 0 Å². The van der Waals surface area contributed by atoms with Gasteiger partial charge in [0.25, 0.3) is 0 Å². The molecule has 1 heterocycles. The highest BCUT2D eigenvalue weighted by atomic mass is 32.2. The molecule has 0 spiro atoms. The monoisotopic (exact) mass is 321 g/mol. The van der Waals surface area contributed by atoms with E-state index in [4.69, 9.17) is 4.74 Å². The van der Waals surface area contributed by atoms with Crippen molar-refractivity contribution in [2.24, 2.45) is 10.9 Å². The van der Waals surface area contributed by atoms with E-state index in [0.29, 0.717) is 11.2 Å². The highest BCUT2D eigenvalue weighted by Crippen LogP contribution is 2.22. The number of benzene rings is 1. The molecule has 0 saturated carbocycles. The summed E-state index contributed by atoms with van der Waals surface area (Å²) in [5, 5.41) is 4.01. The number of rotatable bonds is 6. The summed E-state index contributed by atoms with van der Waals surface area (Å²) in [6, 6.07) is 10.5. The molecule has 0 aliphatic carbocycles. The minimum atomic E-state index is 0.497. The third-order valence-corrected chi connectivity index (χ3v) is 4.94. The number of ether oxygens (including phenoxy) is 1. The average molecular weight is 321 g/mol. The van der Waals surface area contributed by atoms with Crippen molar-refractivity contribution in [2.45, 2.75) is 23.5 Å². The molecule has 1 aromatic carbocycles. The van der Waals surface area contributed by atoms with Crippen LogP contribution < -0.4 is 5.32 Å². The third-order valence-electron chi connectivity index (χ3n) is 3.83. The predicted octanol–water partition coefficient (Wildman–Crippen LogP) is 2.71. The number of aliphatic imine (C=N–C) groups is 1.